The summed E-state index contributed by atoms with van der Waals surface area (Å²) in [6, 6.07) is 7.36. The van der Waals surface area contributed by atoms with Crippen molar-refractivity contribution in [2.24, 2.45) is 0 Å². The summed E-state index contributed by atoms with van der Waals surface area (Å²) in [5.41, 5.74) is -1.24. The summed E-state index contributed by atoms with van der Waals surface area (Å²) in [5.74, 6) is 0.0190. The number of amides is 1. The highest BCUT2D eigenvalue weighted by atomic mass is 19.4. The van der Waals surface area contributed by atoms with Gasteiger partial charge in [0.2, 0.25) is 0 Å². The molecular weight excluding hydrogens is 373 g/mol. The number of carbonyl (C=O) groups is 1. The van der Waals surface area contributed by atoms with Gasteiger partial charge in [0.25, 0.3) is 5.91 Å². The van der Waals surface area contributed by atoms with Crippen molar-refractivity contribution in [1.82, 2.24) is 19.9 Å². The highest BCUT2D eigenvalue weighted by molar-refractivity contribution is 6.00. The fourth-order valence-corrected chi connectivity index (χ4v) is 2.64. The lowest BCUT2D eigenvalue weighted by Crippen LogP contribution is -2.40. The Morgan fingerprint density at radius 3 is 2.32 bits per heavy atom. The Balaban J connectivity index is 2.20. The minimum Gasteiger partial charge on any atom is -0.497 e. The lowest BCUT2D eigenvalue weighted by atomic mass is 10.1. The van der Waals surface area contributed by atoms with Crippen LogP contribution in [0.3, 0.4) is 0 Å². The molecule has 3 rings (SSSR count). The van der Waals surface area contributed by atoms with Crippen LogP contribution in [0.2, 0.25) is 0 Å². The third-order valence-electron chi connectivity index (χ3n) is 3.88. The third kappa shape index (κ3) is 3.92. The van der Waals surface area contributed by atoms with Crippen LogP contribution in [0, 0.1) is 0 Å². The lowest BCUT2D eigenvalue weighted by molar-refractivity contribution is -0.142. The second-order valence-electron chi connectivity index (χ2n) is 7.25. The number of ether oxygens (including phenoxy) is 1. The molecule has 28 heavy (non-hydrogen) atoms. The molecule has 1 aromatic carbocycles. The minimum atomic E-state index is -4.67. The Hall–Kier alpha value is -3.10. The number of hydrogen-bond acceptors (Lipinski definition) is 4. The van der Waals surface area contributed by atoms with Crippen LogP contribution in [-0.4, -0.2) is 33.2 Å². The number of aromatic nitrogens is 3. The molecule has 0 spiro atoms. The summed E-state index contributed by atoms with van der Waals surface area (Å²) < 4.78 is 46.5. The molecule has 0 aliphatic rings. The molecule has 0 bridgehead atoms. The largest absolute Gasteiger partial charge is 0.497 e. The summed E-state index contributed by atoms with van der Waals surface area (Å²) in [4.78, 5) is 16.8. The number of rotatable bonds is 3. The Morgan fingerprint density at radius 2 is 1.79 bits per heavy atom. The van der Waals surface area contributed by atoms with E-state index < -0.39 is 23.3 Å². The number of hydrogen-bond donors (Lipinski definition) is 1. The first-order chi connectivity index (χ1) is 13.0. The van der Waals surface area contributed by atoms with Gasteiger partial charge in [-0.3, -0.25) is 4.79 Å². The summed E-state index contributed by atoms with van der Waals surface area (Å²) in [6.07, 6.45) is -3.58. The van der Waals surface area contributed by atoms with E-state index in [-0.39, 0.29) is 16.9 Å². The smallest absolute Gasteiger partial charge is 0.433 e. The SMILES string of the molecule is COc1ccc(-c2cc(C(F)(F)F)n3ncc(C(=O)NC(C)(C)C)c3n2)cc1. The Bertz CT molecular complexity index is 1020. The van der Waals surface area contributed by atoms with Gasteiger partial charge in [0.15, 0.2) is 11.3 Å². The van der Waals surface area contributed by atoms with Gasteiger partial charge in [-0.1, -0.05) is 0 Å². The van der Waals surface area contributed by atoms with E-state index >= 15 is 0 Å². The van der Waals surface area contributed by atoms with Gasteiger partial charge in [-0.25, -0.2) is 9.50 Å². The zero-order valence-electron chi connectivity index (χ0n) is 15.8. The molecule has 148 valence electrons. The second kappa shape index (κ2) is 6.81. The first-order valence-electron chi connectivity index (χ1n) is 8.42. The van der Waals surface area contributed by atoms with E-state index in [4.69, 9.17) is 4.74 Å². The first-order valence-corrected chi connectivity index (χ1v) is 8.42. The summed E-state index contributed by atoms with van der Waals surface area (Å²) >= 11 is 0. The van der Waals surface area contributed by atoms with Crippen molar-refractivity contribution in [2.45, 2.75) is 32.5 Å². The number of alkyl halides is 3. The van der Waals surface area contributed by atoms with Crippen molar-refractivity contribution >= 4 is 11.6 Å². The van der Waals surface area contributed by atoms with Crippen molar-refractivity contribution in [3.8, 4) is 17.0 Å². The average molecular weight is 392 g/mol. The van der Waals surface area contributed by atoms with E-state index in [1.54, 1.807) is 45.0 Å². The van der Waals surface area contributed by atoms with Crippen molar-refractivity contribution in [2.75, 3.05) is 7.11 Å². The van der Waals surface area contributed by atoms with Gasteiger partial charge in [-0.15, -0.1) is 0 Å². The molecule has 0 aliphatic heterocycles. The lowest BCUT2D eigenvalue weighted by Gasteiger charge is -2.20. The molecule has 0 aliphatic carbocycles. The number of halogens is 3. The highest BCUT2D eigenvalue weighted by Crippen LogP contribution is 2.33. The molecule has 0 unspecified atom stereocenters. The molecule has 3 aromatic rings. The molecular formula is C19H19F3N4O2. The molecule has 1 N–H and O–H groups in total. The average Bonchev–Trinajstić information content (AvgIpc) is 3.02. The van der Waals surface area contributed by atoms with Gasteiger partial charge in [0.1, 0.15) is 11.3 Å². The molecule has 0 atom stereocenters. The monoisotopic (exact) mass is 392 g/mol. The van der Waals surface area contributed by atoms with Crippen LogP contribution >= 0.6 is 0 Å². The summed E-state index contributed by atoms with van der Waals surface area (Å²) in [6.45, 7) is 5.32. The number of fused-ring (bicyclic) bond motifs is 1. The maximum atomic E-state index is 13.6. The Labute approximate surface area is 159 Å². The van der Waals surface area contributed by atoms with Crippen molar-refractivity contribution in [3.05, 3.63) is 47.8 Å². The van der Waals surface area contributed by atoms with Crippen LogP contribution in [0.4, 0.5) is 13.2 Å². The fourth-order valence-electron chi connectivity index (χ4n) is 2.64. The molecule has 0 saturated carbocycles. The van der Waals surface area contributed by atoms with Gasteiger partial charge < -0.3 is 10.1 Å². The van der Waals surface area contributed by atoms with Crippen LogP contribution < -0.4 is 10.1 Å². The quantitative estimate of drug-likeness (QED) is 0.733. The summed E-state index contributed by atoms with van der Waals surface area (Å²) in [7, 11) is 1.49. The van der Waals surface area contributed by atoms with Gasteiger partial charge in [0.05, 0.1) is 19.0 Å². The zero-order valence-corrected chi connectivity index (χ0v) is 15.8. The topological polar surface area (TPSA) is 68.5 Å². The summed E-state index contributed by atoms with van der Waals surface area (Å²) in [5, 5.41) is 6.47. The van der Waals surface area contributed by atoms with E-state index in [2.05, 4.69) is 15.4 Å². The van der Waals surface area contributed by atoms with Crippen LogP contribution in [0.25, 0.3) is 16.9 Å². The van der Waals surface area contributed by atoms with E-state index in [1.165, 1.54) is 7.11 Å². The fraction of sp³-hybridized carbons (Fsp3) is 0.316. The second-order valence-corrected chi connectivity index (χ2v) is 7.25. The number of methoxy groups -OCH3 is 1. The standard InChI is InChI=1S/C19H19F3N4O2/c1-18(2,3)25-17(27)13-10-23-26-15(19(20,21)22)9-14(24-16(13)26)11-5-7-12(28-4)8-6-11/h5-10H,1-4H3,(H,25,27). The van der Waals surface area contributed by atoms with Gasteiger partial charge in [0, 0.05) is 11.1 Å². The van der Waals surface area contributed by atoms with E-state index in [9.17, 15) is 18.0 Å². The Morgan fingerprint density at radius 1 is 1.14 bits per heavy atom. The van der Waals surface area contributed by atoms with Crippen LogP contribution in [0.15, 0.2) is 36.5 Å². The van der Waals surface area contributed by atoms with Crippen LogP contribution in [0.1, 0.15) is 36.8 Å². The van der Waals surface area contributed by atoms with Crippen LogP contribution in [0.5, 0.6) is 5.75 Å². The van der Waals surface area contributed by atoms with E-state index in [0.717, 1.165) is 12.3 Å². The molecule has 6 nitrogen and oxygen atoms in total. The Kier molecular flexibility index (Phi) is 4.78. The molecule has 0 saturated heterocycles. The molecule has 0 radical (unpaired) electrons. The maximum Gasteiger partial charge on any atom is 0.433 e. The van der Waals surface area contributed by atoms with Crippen molar-refractivity contribution < 1.29 is 22.7 Å². The first kappa shape index (κ1) is 19.7. The van der Waals surface area contributed by atoms with Gasteiger partial charge in [-0.05, 0) is 51.1 Å². The van der Waals surface area contributed by atoms with Gasteiger partial charge in [-0.2, -0.15) is 18.3 Å². The van der Waals surface area contributed by atoms with Gasteiger partial charge >= 0.3 is 6.18 Å². The van der Waals surface area contributed by atoms with Crippen molar-refractivity contribution in [1.29, 1.82) is 0 Å². The number of carbonyl (C=O) groups excluding carboxylic acids is 1. The van der Waals surface area contributed by atoms with Crippen molar-refractivity contribution in [3.63, 3.8) is 0 Å². The molecule has 9 heteroatoms. The molecule has 0 fully saturated rings. The highest BCUT2D eigenvalue weighted by Gasteiger charge is 2.36. The number of nitrogens with zero attached hydrogens (tertiary/aromatic N) is 3. The van der Waals surface area contributed by atoms with Crippen LogP contribution in [-0.2, 0) is 6.18 Å². The predicted molar refractivity (Wildman–Crippen MR) is 97.2 cm³/mol. The zero-order chi connectivity index (χ0) is 20.7. The molecule has 1 amide bonds. The normalized spacial score (nSPS) is 12.2. The van der Waals surface area contributed by atoms with E-state index in [1.807, 2.05) is 0 Å². The molecule has 2 heterocycles. The third-order valence-corrected chi connectivity index (χ3v) is 3.88. The molecule has 2 aromatic heterocycles. The number of benzene rings is 1. The van der Waals surface area contributed by atoms with E-state index in [0.29, 0.717) is 15.8 Å². The number of nitrogens with one attached hydrogen (secondary N) is 1. The maximum absolute atomic E-state index is 13.6. The minimum absolute atomic E-state index is 0.0317. The predicted octanol–water partition coefficient (Wildman–Crippen LogP) is 3.95.